The van der Waals surface area contributed by atoms with Crippen LogP contribution in [0.5, 0.6) is 0 Å². The highest BCUT2D eigenvalue weighted by atomic mass is 14.9. The van der Waals surface area contributed by atoms with Crippen molar-refractivity contribution in [3.8, 4) is 0 Å². The first kappa shape index (κ1) is 17.7. The van der Waals surface area contributed by atoms with Crippen molar-refractivity contribution >= 4 is 0 Å². The van der Waals surface area contributed by atoms with E-state index in [1.807, 2.05) is 0 Å². The van der Waals surface area contributed by atoms with E-state index in [0.29, 0.717) is 6.04 Å². The molecule has 0 rings (SSSR count). The van der Waals surface area contributed by atoms with Gasteiger partial charge in [0.25, 0.3) is 0 Å². The summed E-state index contributed by atoms with van der Waals surface area (Å²) in [5.41, 5.74) is 1.42. The van der Waals surface area contributed by atoms with E-state index in [4.69, 9.17) is 0 Å². The second kappa shape index (κ2) is 13.1. The Balaban J connectivity index is 3.31. The first-order valence-electron chi connectivity index (χ1n) is 8.03. The number of nitrogens with one attached hydrogen (secondary N) is 1. The number of hydrogen-bond donors (Lipinski definition) is 1. The standard InChI is InChI=1S/C17H35N/c1-5-6-7-8-9-10-11-12-13-14-17(18-4)15-16(2)3/h15,17-18H,5-14H2,1-4H3. The van der Waals surface area contributed by atoms with Crippen LogP contribution >= 0.6 is 0 Å². The third-order valence-corrected chi connectivity index (χ3v) is 3.52. The van der Waals surface area contributed by atoms with Crippen molar-refractivity contribution in [2.45, 2.75) is 91.0 Å². The van der Waals surface area contributed by atoms with Gasteiger partial charge in [0.2, 0.25) is 0 Å². The van der Waals surface area contributed by atoms with E-state index in [2.05, 4.69) is 39.2 Å². The van der Waals surface area contributed by atoms with Gasteiger partial charge in [-0.2, -0.15) is 0 Å². The second-order valence-electron chi connectivity index (χ2n) is 5.76. The van der Waals surface area contributed by atoms with Crippen LogP contribution < -0.4 is 5.32 Å². The molecule has 0 aliphatic heterocycles. The van der Waals surface area contributed by atoms with Crippen LogP contribution in [0.3, 0.4) is 0 Å². The molecule has 0 amide bonds. The smallest absolute Gasteiger partial charge is 0.0249 e. The van der Waals surface area contributed by atoms with Crippen LogP contribution in [0.15, 0.2) is 11.6 Å². The van der Waals surface area contributed by atoms with Gasteiger partial charge in [-0.25, -0.2) is 0 Å². The Kier molecular flexibility index (Phi) is 12.9. The van der Waals surface area contributed by atoms with Crippen LogP contribution in [0, 0.1) is 0 Å². The average Bonchev–Trinajstić information content (AvgIpc) is 2.35. The summed E-state index contributed by atoms with van der Waals surface area (Å²) in [4.78, 5) is 0. The maximum absolute atomic E-state index is 3.38. The minimum atomic E-state index is 0.583. The molecule has 0 bridgehead atoms. The lowest BCUT2D eigenvalue weighted by molar-refractivity contribution is 0.524. The zero-order chi connectivity index (χ0) is 13.6. The molecule has 0 spiro atoms. The monoisotopic (exact) mass is 253 g/mol. The Labute approximate surface area is 115 Å². The summed E-state index contributed by atoms with van der Waals surface area (Å²) >= 11 is 0. The summed E-state index contributed by atoms with van der Waals surface area (Å²) in [5, 5.41) is 3.38. The van der Waals surface area contributed by atoms with Gasteiger partial charge in [-0.3, -0.25) is 0 Å². The molecule has 0 aliphatic carbocycles. The van der Waals surface area contributed by atoms with Crippen LogP contribution in [-0.2, 0) is 0 Å². The Morgan fingerprint density at radius 3 is 1.83 bits per heavy atom. The Bertz CT molecular complexity index is 192. The number of hydrogen-bond acceptors (Lipinski definition) is 1. The fourth-order valence-electron chi connectivity index (χ4n) is 2.39. The Hall–Kier alpha value is -0.300. The molecular formula is C17H35N. The summed E-state index contributed by atoms with van der Waals surface area (Å²) in [7, 11) is 2.07. The van der Waals surface area contributed by atoms with Crippen molar-refractivity contribution in [2.24, 2.45) is 0 Å². The Morgan fingerprint density at radius 1 is 0.889 bits per heavy atom. The minimum Gasteiger partial charge on any atom is -0.314 e. The molecule has 1 nitrogen and oxygen atoms in total. The largest absolute Gasteiger partial charge is 0.314 e. The average molecular weight is 253 g/mol. The van der Waals surface area contributed by atoms with Crippen LogP contribution in [-0.4, -0.2) is 13.1 Å². The van der Waals surface area contributed by atoms with Gasteiger partial charge in [-0.1, -0.05) is 76.4 Å². The van der Waals surface area contributed by atoms with Gasteiger partial charge in [-0.05, 0) is 27.3 Å². The first-order valence-corrected chi connectivity index (χ1v) is 8.03. The molecule has 0 aliphatic rings. The lowest BCUT2D eigenvalue weighted by atomic mass is 10.0. The van der Waals surface area contributed by atoms with Crippen molar-refractivity contribution in [2.75, 3.05) is 7.05 Å². The maximum Gasteiger partial charge on any atom is 0.0249 e. The molecule has 18 heavy (non-hydrogen) atoms. The Morgan fingerprint density at radius 2 is 1.39 bits per heavy atom. The van der Waals surface area contributed by atoms with Gasteiger partial charge in [-0.15, -0.1) is 0 Å². The molecule has 0 fully saturated rings. The van der Waals surface area contributed by atoms with Crippen LogP contribution in [0.25, 0.3) is 0 Å². The second-order valence-corrected chi connectivity index (χ2v) is 5.76. The third kappa shape index (κ3) is 12.2. The predicted molar refractivity (Wildman–Crippen MR) is 84.1 cm³/mol. The number of allylic oxidation sites excluding steroid dienone is 1. The fraction of sp³-hybridized carbons (Fsp3) is 0.882. The van der Waals surface area contributed by atoms with Crippen molar-refractivity contribution in [3.63, 3.8) is 0 Å². The molecule has 108 valence electrons. The van der Waals surface area contributed by atoms with E-state index in [0.717, 1.165) is 0 Å². The molecule has 0 aromatic heterocycles. The summed E-state index contributed by atoms with van der Waals surface area (Å²) < 4.78 is 0. The lowest BCUT2D eigenvalue weighted by Gasteiger charge is -2.12. The molecular weight excluding hydrogens is 218 g/mol. The first-order chi connectivity index (χ1) is 8.70. The molecule has 0 aromatic carbocycles. The van der Waals surface area contributed by atoms with Gasteiger partial charge in [0, 0.05) is 6.04 Å². The normalized spacial score (nSPS) is 12.4. The molecule has 0 radical (unpaired) electrons. The molecule has 1 atom stereocenters. The summed E-state index contributed by atoms with van der Waals surface area (Å²) in [5.74, 6) is 0. The van der Waals surface area contributed by atoms with Crippen LogP contribution in [0.1, 0.15) is 85.0 Å². The molecule has 0 aromatic rings. The zero-order valence-corrected chi connectivity index (χ0v) is 13.2. The molecule has 1 heteroatoms. The van der Waals surface area contributed by atoms with E-state index in [9.17, 15) is 0 Å². The molecule has 0 saturated heterocycles. The van der Waals surface area contributed by atoms with Gasteiger partial charge < -0.3 is 5.32 Å². The SMILES string of the molecule is CCCCCCCCCCCC(C=C(C)C)NC. The zero-order valence-electron chi connectivity index (χ0n) is 13.2. The van der Waals surface area contributed by atoms with Crippen LogP contribution in [0.2, 0.25) is 0 Å². The molecule has 0 heterocycles. The number of unbranched alkanes of at least 4 members (excludes halogenated alkanes) is 8. The highest BCUT2D eigenvalue weighted by Gasteiger charge is 2.01. The fourth-order valence-corrected chi connectivity index (χ4v) is 2.39. The molecule has 1 unspecified atom stereocenters. The third-order valence-electron chi connectivity index (χ3n) is 3.52. The number of likely N-dealkylation sites (N-methyl/N-ethyl adjacent to an activating group) is 1. The van der Waals surface area contributed by atoms with E-state index in [1.165, 1.54) is 69.8 Å². The summed E-state index contributed by atoms with van der Waals surface area (Å²) in [6.45, 7) is 6.64. The summed E-state index contributed by atoms with van der Waals surface area (Å²) in [6, 6.07) is 0.583. The van der Waals surface area contributed by atoms with Crippen molar-refractivity contribution in [1.82, 2.24) is 5.32 Å². The quantitative estimate of drug-likeness (QED) is 0.359. The van der Waals surface area contributed by atoms with Gasteiger partial charge >= 0.3 is 0 Å². The van der Waals surface area contributed by atoms with Crippen molar-refractivity contribution in [1.29, 1.82) is 0 Å². The highest BCUT2D eigenvalue weighted by Crippen LogP contribution is 2.12. The predicted octanol–water partition coefficient (Wildman–Crippen LogP) is 5.46. The van der Waals surface area contributed by atoms with Gasteiger partial charge in [0.05, 0.1) is 0 Å². The summed E-state index contributed by atoms with van der Waals surface area (Å²) in [6.07, 6.45) is 16.4. The maximum atomic E-state index is 3.38. The van der Waals surface area contributed by atoms with Gasteiger partial charge in [0.1, 0.15) is 0 Å². The molecule has 1 N–H and O–H groups in total. The highest BCUT2D eigenvalue weighted by molar-refractivity contribution is 5.00. The van der Waals surface area contributed by atoms with Crippen molar-refractivity contribution in [3.05, 3.63) is 11.6 Å². The van der Waals surface area contributed by atoms with Gasteiger partial charge in [0.15, 0.2) is 0 Å². The molecule has 0 saturated carbocycles. The van der Waals surface area contributed by atoms with E-state index in [-0.39, 0.29) is 0 Å². The van der Waals surface area contributed by atoms with E-state index in [1.54, 1.807) is 0 Å². The van der Waals surface area contributed by atoms with Crippen LogP contribution in [0.4, 0.5) is 0 Å². The van der Waals surface area contributed by atoms with E-state index >= 15 is 0 Å². The lowest BCUT2D eigenvalue weighted by Crippen LogP contribution is -2.22. The number of rotatable bonds is 12. The van der Waals surface area contributed by atoms with Crippen molar-refractivity contribution < 1.29 is 0 Å². The minimum absolute atomic E-state index is 0.583. The van der Waals surface area contributed by atoms with E-state index < -0.39 is 0 Å². The topological polar surface area (TPSA) is 12.0 Å².